The first-order valence-electron chi connectivity index (χ1n) is 7.08. The van der Waals surface area contributed by atoms with E-state index in [9.17, 15) is 13.9 Å². The highest BCUT2D eigenvalue weighted by atomic mass is 32.2. The predicted octanol–water partition coefficient (Wildman–Crippen LogP) is 3.26. The maximum absolute atomic E-state index is 13.5. The number of halogens is 2. The maximum Gasteiger partial charge on any atom is 0.131 e. The molecule has 0 saturated heterocycles. The van der Waals surface area contributed by atoms with E-state index in [-0.39, 0.29) is 5.56 Å². The molecule has 3 atom stereocenters. The fourth-order valence-corrected chi connectivity index (χ4v) is 3.82. The zero-order valence-corrected chi connectivity index (χ0v) is 12.4. The highest BCUT2D eigenvalue weighted by molar-refractivity contribution is 7.99. The van der Waals surface area contributed by atoms with Gasteiger partial charge in [0, 0.05) is 29.5 Å². The van der Waals surface area contributed by atoms with E-state index in [2.05, 4.69) is 12.2 Å². The number of thioether (sulfide) groups is 1. The van der Waals surface area contributed by atoms with Crippen LogP contribution in [-0.4, -0.2) is 28.7 Å². The topological polar surface area (TPSA) is 32.3 Å². The lowest BCUT2D eigenvalue weighted by molar-refractivity contribution is 0.165. The number of benzene rings is 1. The molecule has 1 aromatic rings. The summed E-state index contributed by atoms with van der Waals surface area (Å²) in [6.45, 7) is 2.46. The molecule has 0 aliphatic heterocycles. The Balaban J connectivity index is 1.82. The van der Waals surface area contributed by atoms with Crippen LogP contribution in [0.2, 0.25) is 0 Å². The van der Waals surface area contributed by atoms with Gasteiger partial charge in [0.05, 0.1) is 6.10 Å². The Hall–Kier alpha value is -0.650. The van der Waals surface area contributed by atoms with Gasteiger partial charge in [-0.05, 0) is 31.1 Å². The molecule has 112 valence electrons. The average Bonchev–Trinajstić information content (AvgIpc) is 2.84. The lowest BCUT2D eigenvalue weighted by Gasteiger charge is -2.17. The Labute approximate surface area is 123 Å². The van der Waals surface area contributed by atoms with Crippen molar-refractivity contribution in [2.45, 2.75) is 43.6 Å². The first-order chi connectivity index (χ1) is 9.60. The van der Waals surface area contributed by atoms with Crippen molar-refractivity contribution in [2.24, 2.45) is 0 Å². The third-order valence-corrected chi connectivity index (χ3v) is 4.94. The van der Waals surface area contributed by atoms with Gasteiger partial charge in [-0.3, -0.25) is 0 Å². The van der Waals surface area contributed by atoms with Crippen molar-refractivity contribution in [1.29, 1.82) is 0 Å². The van der Waals surface area contributed by atoms with Crippen molar-refractivity contribution < 1.29 is 13.9 Å². The van der Waals surface area contributed by atoms with Gasteiger partial charge in [0.1, 0.15) is 11.6 Å². The molecule has 0 aromatic heterocycles. The second kappa shape index (κ2) is 7.38. The molecule has 0 amide bonds. The normalized spacial score (nSPS) is 24.0. The molecular weight excluding hydrogens is 280 g/mol. The van der Waals surface area contributed by atoms with Gasteiger partial charge in [-0.2, -0.15) is 11.8 Å². The molecule has 2 N–H and O–H groups in total. The van der Waals surface area contributed by atoms with Crippen LogP contribution in [-0.2, 0) is 0 Å². The molecule has 0 bridgehead atoms. The van der Waals surface area contributed by atoms with E-state index < -0.39 is 17.7 Å². The Morgan fingerprint density at radius 1 is 1.40 bits per heavy atom. The van der Waals surface area contributed by atoms with Crippen molar-refractivity contribution in [3.8, 4) is 0 Å². The van der Waals surface area contributed by atoms with Crippen LogP contribution in [0.15, 0.2) is 18.2 Å². The number of nitrogens with one attached hydrogen (secondary N) is 1. The van der Waals surface area contributed by atoms with Gasteiger partial charge in [-0.25, -0.2) is 8.78 Å². The lowest BCUT2D eigenvalue weighted by Crippen LogP contribution is -2.31. The van der Waals surface area contributed by atoms with E-state index in [0.29, 0.717) is 17.8 Å². The van der Waals surface area contributed by atoms with Crippen LogP contribution in [0.1, 0.15) is 37.9 Å². The molecule has 1 aromatic carbocycles. The summed E-state index contributed by atoms with van der Waals surface area (Å²) in [5.41, 5.74) is 0.149. The summed E-state index contributed by atoms with van der Waals surface area (Å²) in [7, 11) is 0. The van der Waals surface area contributed by atoms with Crippen LogP contribution in [0.25, 0.3) is 0 Å². The van der Waals surface area contributed by atoms with Crippen LogP contribution in [0, 0.1) is 11.6 Å². The highest BCUT2D eigenvalue weighted by Gasteiger charge is 2.25. The van der Waals surface area contributed by atoms with Crippen LogP contribution in [0.4, 0.5) is 8.78 Å². The monoisotopic (exact) mass is 301 g/mol. The molecule has 0 heterocycles. The van der Waals surface area contributed by atoms with Crippen molar-refractivity contribution in [3.63, 3.8) is 0 Å². The fraction of sp³-hybridized carbons (Fsp3) is 0.600. The Kier molecular flexibility index (Phi) is 5.81. The Morgan fingerprint density at radius 3 is 2.90 bits per heavy atom. The summed E-state index contributed by atoms with van der Waals surface area (Å²) in [4.78, 5) is 0. The number of hydrogen-bond acceptors (Lipinski definition) is 3. The molecular formula is C15H21F2NOS. The summed E-state index contributed by atoms with van der Waals surface area (Å²) in [6.07, 6.45) is 2.44. The molecule has 2 nitrogen and oxygen atoms in total. The third kappa shape index (κ3) is 4.17. The molecule has 0 spiro atoms. The number of aliphatic hydroxyl groups excluding tert-OH is 1. The van der Waals surface area contributed by atoms with Crippen LogP contribution in [0.5, 0.6) is 0 Å². The Bertz CT molecular complexity index is 444. The fourth-order valence-electron chi connectivity index (χ4n) is 2.67. The summed E-state index contributed by atoms with van der Waals surface area (Å²) in [5, 5.41) is 14.0. The number of rotatable bonds is 6. The smallest absolute Gasteiger partial charge is 0.131 e. The standard InChI is InChI=1S/C15H21F2NOS/c1-2-20-12-5-4-11(8-12)18-9-15(19)13-6-3-10(16)7-14(13)17/h3,6-7,11-12,15,18-19H,2,4-5,8-9H2,1H3. The molecule has 1 saturated carbocycles. The van der Waals surface area contributed by atoms with Crippen LogP contribution >= 0.6 is 11.8 Å². The lowest BCUT2D eigenvalue weighted by atomic mass is 10.1. The summed E-state index contributed by atoms with van der Waals surface area (Å²) >= 11 is 1.97. The second-order valence-electron chi connectivity index (χ2n) is 5.18. The van der Waals surface area contributed by atoms with E-state index in [1.165, 1.54) is 18.6 Å². The largest absolute Gasteiger partial charge is 0.387 e. The third-order valence-electron chi connectivity index (χ3n) is 3.71. The highest BCUT2D eigenvalue weighted by Crippen LogP contribution is 2.30. The summed E-state index contributed by atoms with van der Waals surface area (Å²) < 4.78 is 26.4. The second-order valence-corrected chi connectivity index (χ2v) is 6.75. The van der Waals surface area contributed by atoms with E-state index >= 15 is 0 Å². The average molecular weight is 301 g/mol. The predicted molar refractivity (Wildman–Crippen MR) is 78.9 cm³/mol. The molecule has 20 heavy (non-hydrogen) atoms. The van der Waals surface area contributed by atoms with Crippen molar-refractivity contribution in [3.05, 3.63) is 35.4 Å². The number of hydrogen-bond donors (Lipinski definition) is 2. The van der Waals surface area contributed by atoms with Gasteiger partial charge in [-0.15, -0.1) is 0 Å². The quantitative estimate of drug-likeness (QED) is 0.846. The van der Waals surface area contributed by atoms with Gasteiger partial charge in [-0.1, -0.05) is 13.0 Å². The van der Waals surface area contributed by atoms with Gasteiger partial charge in [0.25, 0.3) is 0 Å². The first kappa shape index (κ1) is 15.7. The molecule has 3 unspecified atom stereocenters. The van der Waals surface area contributed by atoms with Gasteiger partial charge >= 0.3 is 0 Å². The first-order valence-corrected chi connectivity index (χ1v) is 8.13. The van der Waals surface area contributed by atoms with Crippen molar-refractivity contribution in [2.75, 3.05) is 12.3 Å². The van der Waals surface area contributed by atoms with Crippen LogP contribution in [0.3, 0.4) is 0 Å². The SMILES string of the molecule is CCSC1CCC(NCC(O)c2ccc(F)cc2F)C1. The zero-order chi connectivity index (χ0) is 14.5. The molecule has 5 heteroatoms. The maximum atomic E-state index is 13.5. The van der Waals surface area contributed by atoms with E-state index in [1.54, 1.807) is 0 Å². The molecule has 0 radical (unpaired) electrons. The molecule has 1 aliphatic rings. The minimum atomic E-state index is -0.937. The Morgan fingerprint density at radius 2 is 2.20 bits per heavy atom. The van der Waals surface area contributed by atoms with Crippen molar-refractivity contribution in [1.82, 2.24) is 5.32 Å². The van der Waals surface area contributed by atoms with Gasteiger partial charge in [0.15, 0.2) is 0 Å². The summed E-state index contributed by atoms with van der Waals surface area (Å²) in [6, 6.07) is 3.67. The van der Waals surface area contributed by atoms with E-state index in [4.69, 9.17) is 0 Å². The molecule has 2 rings (SSSR count). The van der Waals surface area contributed by atoms with Crippen molar-refractivity contribution >= 4 is 11.8 Å². The van der Waals surface area contributed by atoms with Gasteiger partial charge < -0.3 is 10.4 Å². The molecule has 1 aliphatic carbocycles. The van der Waals surface area contributed by atoms with E-state index in [1.807, 2.05) is 11.8 Å². The summed E-state index contributed by atoms with van der Waals surface area (Å²) in [5.74, 6) is -0.187. The van der Waals surface area contributed by atoms with Crippen LogP contribution < -0.4 is 5.32 Å². The molecule has 1 fully saturated rings. The number of aliphatic hydroxyl groups is 1. The zero-order valence-electron chi connectivity index (χ0n) is 11.6. The minimum Gasteiger partial charge on any atom is -0.387 e. The van der Waals surface area contributed by atoms with Gasteiger partial charge in [0.2, 0.25) is 0 Å². The van der Waals surface area contributed by atoms with E-state index in [0.717, 1.165) is 24.7 Å². The minimum absolute atomic E-state index is 0.149.